The van der Waals surface area contributed by atoms with Crippen molar-refractivity contribution in [3.8, 4) is 24.7 Å². The van der Waals surface area contributed by atoms with Crippen LogP contribution in [0.15, 0.2) is 72.8 Å². The van der Waals surface area contributed by atoms with Crippen LogP contribution in [-0.4, -0.2) is 5.11 Å². The normalized spacial score (nSPS) is 9.88. The van der Waals surface area contributed by atoms with Gasteiger partial charge in [-0.15, -0.1) is 12.8 Å². The Morgan fingerprint density at radius 1 is 0.640 bits per heavy atom. The molecule has 0 spiro atoms. The van der Waals surface area contributed by atoms with E-state index in [1.165, 1.54) is 0 Å². The molecule has 0 fully saturated rings. The molecule has 0 aromatic heterocycles. The third kappa shape index (κ3) is 3.56. The van der Waals surface area contributed by atoms with Crippen LogP contribution in [0, 0.1) is 24.7 Å². The maximum Gasteiger partial charge on any atom is 0.0681 e. The minimum atomic E-state index is 0.0218. The van der Waals surface area contributed by atoms with Crippen LogP contribution in [0.2, 0.25) is 0 Å². The third-order valence-electron chi connectivity index (χ3n) is 3.96. The highest BCUT2D eigenvalue weighted by Crippen LogP contribution is 2.34. The van der Waals surface area contributed by atoms with Crippen LogP contribution in [0.25, 0.3) is 0 Å². The van der Waals surface area contributed by atoms with Gasteiger partial charge in [0.15, 0.2) is 0 Å². The van der Waals surface area contributed by atoms with Gasteiger partial charge in [-0.2, -0.15) is 0 Å². The number of aliphatic hydroxyl groups is 1. The molecule has 0 heterocycles. The first-order chi connectivity index (χ1) is 12.2. The molecule has 25 heavy (non-hydrogen) atoms. The highest BCUT2D eigenvalue weighted by molar-refractivity contribution is 5.77. The van der Waals surface area contributed by atoms with E-state index in [1.807, 2.05) is 72.8 Å². The monoisotopic (exact) mass is 323 g/mol. The highest BCUT2D eigenvalue weighted by atomic mass is 16.3. The van der Waals surface area contributed by atoms with Gasteiger partial charge in [-0.1, -0.05) is 24.0 Å². The lowest BCUT2D eigenvalue weighted by molar-refractivity contribution is 0.282. The lowest BCUT2D eigenvalue weighted by Crippen LogP contribution is -2.10. The average Bonchev–Trinajstić information content (AvgIpc) is 2.70. The molecular formula is C23H17NO. The van der Waals surface area contributed by atoms with Gasteiger partial charge in [0.25, 0.3) is 0 Å². The molecule has 0 saturated carbocycles. The van der Waals surface area contributed by atoms with E-state index in [0.717, 1.165) is 33.8 Å². The van der Waals surface area contributed by atoms with E-state index in [9.17, 15) is 5.11 Å². The van der Waals surface area contributed by atoms with Crippen LogP contribution < -0.4 is 4.90 Å². The van der Waals surface area contributed by atoms with Crippen LogP contribution in [0.5, 0.6) is 0 Å². The van der Waals surface area contributed by atoms with Crippen LogP contribution in [0.3, 0.4) is 0 Å². The van der Waals surface area contributed by atoms with Gasteiger partial charge in [0.05, 0.1) is 6.61 Å². The zero-order chi connectivity index (χ0) is 17.6. The van der Waals surface area contributed by atoms with Crippen LogP contribution >= 0.6 is 0 Å². The second-order valence-corrected chi connectivity index (χ2v) is 5.54. The second-order valence-electron chi connectivity index (χ2n) is 5.54. The summed E-state index contributed by atoms with van der Waals surface area (Å²) in [7, 11) is 0. The maximum absolute atomic E-state index is 9.27. The van der Waals surface area contributed by atoms with Crippen molar-refractivity contribution in [3.63, 3.8) is 0 Å². The maximum atomic E-state index is 9.27. The van der Waals surface area contributed by atoms with E-state index in [-0.39, 0.29) is 6.61 Å². The summed E-state index contributed by atoms with van der Waals surface area (Å²) in [5.41, 5.74) is 5.51. The quantitative estimate of drug-likeness (QED) is 0.709. The molecule has 0 bridgehead atoms. The molecule has 0 atom stereocenters. The van der Waals surface area contributed by atoms with Crippen molar-refractivity contribution in [1.29, 1.82) is 0 Å². The summed E-state index contributed by atoms with van der Waals surface area (Å²) < 4.78 is 0. The average molecular weight is 323 g/mol. The first-order valence-corrected chi connectivity index (χ1v) is 7.88. The fourth-order valence-corrected chi connectivity index (χ4v) is 2.61. The molecule has 0 aliphatic rings. The van der Waals surface area contributed by atoms with Crippen molar-refractivity contribution in [3.05, 3.63) is 89.5 Å². The number of terminal acetylenes is 2. The van der Waals surface area contributed by atoms with Gasteiger partial charge >= 0.3 is 0 Å². The van der Waals surface area contributed by atoms with Crippen LogP contribution in [0.1, 0.15) is 16.7 Å². The number of nitrogens with zero attached hydrogens (tertiary/aromatic N) is 1. The summed E-state index contributed by atoms with van der Waals surface area (Å²) in [4.78, 5) is 2.11. The number of anilines is 3. The molecule has 0 unspecified atom stereocenters. The van der Waals surface area contributed by atoms with Gasteiger partial charge in [0.1, 0.15) is 0 Å². The number of hydrogen-bond acceptors (Lipinski definition) is 2. The molecule has 3 aromatic rings. The molecule has 2 heteroatoms. The lowest BCUT2D eigenvalue weighted by Gasteiger charge is -2.25. The minimum absolute atomic E-state index is 0.0218. The zero-order valence-electron chi connectivity index (χ0n) is 13.7. The van der Waals surface area contributed by atoms with Gasteiger partial charge in [-0.05, 0) is 66.2 Å². The van der Waals surface area contributed by atoms with Gasteiger partial charge in [0.2, 0.25) is 0 Å². The fourth-order valence-electron chi connectivity index (χ4n) is 2.61. The van der Waals surface area contributed by atoms with Crippen molar-refractivity contribution in [1.82, 2.24) is 0 Å². The summed E-state index contributed by atoms with van der Waals surface area (Å²) in [5, 5.41) is 9.27. The SMILES string of the molecule is C#Cc1ccc(N(c2ccc(C#C)cc2)c2ccc(CO)cc2)cc1. The molecule has 0 aliphatic heterocycles. The molecule has 3 aromatic carbocycles. The summed E-state index contributed by atoms with van der Waals surface area (Å²) in [5.74, 6) is 5.27. The van der Waals surface area contributed by atoms with E-state index in [4.69, 9.17) is 12.8 Å². The Morgan fingerprint density at radius 3 is 1.32 bits per heavy atom. The standard InChI is InChI=1S/C23H17NO/c1-3-18-5-11-21(12-6-18)24(22-13-7-19(4-2)8-14-22)23-15-9-20(17-25)10-16-23/h1-2,5-16,25H,17H2. The molecule has 0 aliphatic carbocycles. The van der Waals surface area contributed by atoms with Crippen molar-refractivity contribution >= 4 is 17.1 Å². The molecule has 0 radical (unpaired) electrons. The molecule has 120 valence electrons. The van der Waals surface area contributed by atoms with Crippen LogP contribution in [0.4, 0.5) is 17.1 Å². The van der Waals surface area contributed by atoms with E-state index in [1.54, 1.807) is 0 Å². The van der Waals surface area contributed by atoms with Crippen molar-refractivity contribution in [2.45, 2.75) is 6.61 Å². The highest BCUT2D eigenvalue weighted by Gasteiger charge is 2.12. The Bertz CT molecular complexity index is 866. The Kier molecular flexibility index (Phi) is 4.86. The first-order valence-electron chi connectivity index (χ1n) is 7.88. The Morgan fingerprint density at radius 2 is 1.00 bits per heavy atom. The molecule has 2 nitrogen and oxygen atoms in total. The summed E-state index contributed by atoms with van der Waals surface area (Å²) in [6.45, 7) is 0.0218. The lowest BCUT2D eigenvalue weighted by atomic mass is 10.1. The van der Waals surface area contributed by atoms with Gasteiger partial charge in [-0.3, -0.25) is 0 Å². The molecule has 3 rings (SSSR count). The Hall–Kier alpha value is -3.46. The van der Waals surface area contributed by atoms with E-state index in [0.29, 0.717) is 0 Å². The molecule has 0 amide bonds. The van der Waals surface area contributed by atoms with Gasteiger partial charge in [0, 0.05) is 28.2 Å². The second kappa shape index (κ2) is 7.41. The third-order valence-corrected chi connectivity index (χ3v) is 3.96. The Balaban J connectivity index is 2.08. The number of hydrogen-bond donors (Lipinski definition) is 1. The van der Waals surface area contributed by atoms with Crippen LogP contribution in [-0.2, 0) is 6.61 Å². The smallest absolute Gasteiger partial charge is 0.0681 e. The predicted octanol–water partition coefficient (Wildman–Crippen LogP) is 4.61. The summed E-state index contributed by atoms with van der Waals surface area (Å²) in [6, 6.07) is 23.4. The van der Waals surface area contributed by atoms with E-state index in [2.05, 4.69) is 16.7 Å². The topological polar surface area (TPSA) is 23.5 Å². The van der Waals surface area contributed by atoms with Crippen molar-refractivity contribution in [2.24, 2.45) is 0 Å². The first kappa shape index (κ1) is 16.4. The van der Waals surface area contributed by atoms with E-state index >= 15 is 0 Å². The number of benzene rings is 3. The largest absolute Gasteiger partial charge is 0.392 e. The summed E-state index contributed by atoms with van der Waals surface area (Å²) >= 11 is 0. The van der Waals surface area contributed by atoms with Gasteiger partial charge < -0.3 is 10.0 Å². The predicted molar refractivity (Wildman–Crippen MR) is 103 cm³/mol. The van der Waals surface area contributed by atoms with Gasteiger partial charge in [-0.25, -0.2) is 0 Å². The molecule has 1 N–H and O–H groups in total. The zero-order valence-corrected chi connectivity index (χ0v) is 13.7. The fraction of sp³-hybridized carbons (Fsp3) is 0.0435. The number of aliphatic hydroxyl groups excluding tert-OH is 1. The van der Waals surface area contributed by atoms with Crippen molar-refractivity contribution in [2.75, 3.05) is 4.90 Å². The Labute approximate surface area is 148 Å². The molecule has 0 saturated heterocycles. The molecular weight excluding hydrogens is 306 g/mol. The van der Waals surface area contributed by atoms with Crippen molar-refractivity contribution < 1.29 is 5.11 Å². The minimum Gasteiger partial charge on any atom is -0.392 e. The van der Waals surface area contributed by atoms with E-state index < -0.39 is 0 Å². The summed E-state index contributed by atoms with van der Waals surface area (Å²) in [6.07, 6.45) is 10.9. The number of rotatable bonds is 4.